The molecule has 3 atom stereocenters. The molecule has 0 amide bonds. The van der Waals surface area contributed by atoms with Crippen LogP contribution in [0.5, 0.6) is 0 Å². The first-order valence-corrected chi connectivity index (χ1v) is 10.3. The molecule has 148 valence electrons. The smallest absolute Gasteiger partial charge is 0.250 e. The molecule has 7 nitrogen and oxygen atoms in total. The summed E-state index contributed by atoms with van der Waals surface area (Å²) in [5.74, 6) is -1.10. The summed E-state index contributed by atoms with van der Waals surface area (Å²) in [5, 5.41) is 0. The van der Waals surface area contributed by atoms with Gasteiger partial charge in [-0.25, -0.2) is 17.2 Å². The van der Waals surface area contributed by atoms with Gasteiger partial charge in [0.15, 0.2) is 0 Å². The average Bonchev–Trinajstić information content (AvgIpc) is 2.96. The molecule has 0 aromatic heterocycles. The summed E-state index contributed by atoms with van der Waals surface area (Å²) in [6.07, 6.45) is 2.05. The second-order valence-corrected chi connectivity index (χ2v) is 8.57. The molecule has 10 heteroatoms. The van der Waals surface area contributed by atoms with Crippen LogP contribution in [-0.2, 0) is 14.8 Å². The number of ether oxygens (including phenoxy) is 1. The molecule has 3 rings (SSSR count). The summed E-state index contributed by atoms with van der Waals surface area (Å²) < 4.78 is 59.1. The van der Waals surface area contributed by atoms with Crippen molar-refractivity contribution in [1.29, 1.82) is 0 Å². The molecular weight excluding hydrogens is 378 g/mol. The summed E-state index contributed by atoms with van der Waals surface area (Å²) >= 11 is 0. The molecule has 0 spiro atoms. The van der Waals surface area contributed by atoms with Crippen molar-refractivity contribution in [3.63, 3.8) is 0 Å². The van der Waals surface area contributed by atoms with E-state index >= 15 is 0 Å². The van der Waals surface area contributed by atoms with E-state index in [9.17, 15) is 17.2 Å². The number of sulfonamides is 1. The summed E-state index contributed by atoms with van der Waals surface area (Å²) in [7, 11) is -3.48. The fraction of sp³-hybridized carbons (Fsp3) is 0.471. The number of halogens is 2. The Labute approximate surface area is 156 Å². The van der Waals surface area contributed by atoms with E-state index in [-0.39, 0.29) is 18.2 Å². The first-order chi connectivity index (χ1) is 12.6. The minimum Gasteiger partial charge on any atom is -0.401 e. The molecule has 1 saturated heterocycles. The molecule has 2 heterocycles. The van der Waals surface area contributed by atoms with Crippen LogP contribution >= 0.6 is 0 Å². The topological polar surface area (TPSA) is 111 Å². The van der Waals surface area contributed by atoms with Crippen LogP contribution in [0, 0.1) is 11.6 Å². The lowest BCUT2D eigenvalue weighted by Gasteiger charge is -2.38. The monoisotopic (exact) mass is 400 g/mol. The van der Waals surface area contributed by atoms with Gasteiger partial charge in [-0.1, -0.05) is 0 Å². The molecule has 1 aromatic rings. The third kappa shape index (κ3) is 4.70. The van der Waals surface area contributed by atoms with Gasteiger partial charge in [0.2, 0.25) is 10.0 Å². The number of nitrogens with zero attached hydrogens (tertiary/aromatic N) is 2. The van der Waals surface area contributed by atoms with Crippen LogP contribution in [0.1, 0.15) is 18.1 Å². The Morgan fingerprint density at radius 1 is 1.33 bits per heavy atom. The van der Waals surface area contributed by atoms with Gasteiger partial charge in [-0.05, 0) is 24.6 Å². The van der Waals surface area contributed by atoms with Crippen LogP contribution in [0.2, 0.25) is 0 Å². The average molecular weight is 400 g/mol. The SMILES string of the molecule is CS(=O)(=O)/N=C/C1=C(N)CN([C@H]2CO[C@H](c3cc(F)ccc3F)[C@@H](N)C2)C1. The van der Waals surface area contributed by atoms with Gasteiger partial charge in [-0.3, -0.25) is 4.90 Å². The van der Waals surface area contributed by atoms with Crippen LogP contribution in [0.15, 0.2) is 33.9 Å². The van der Waals surface area contributed by atoms with E-state index in [4.69, 9.17) is 16.2 Å². The van der Waals surface area contributed by atoms with Crippen molar-refractivity contribution in [3.8, 4) is 0 Å². The van der Waals surface area contributed by atoms with Gasteiger partial charge >= 0.3 is 0 Å². The predicted octanol–water partition coefficient (Wildman–Crippen LogP) is 0.681. The summed E-state index contributed by atoms with van der Waals surface area (Å²) in [6.45, 7) is 1.13. The molecule has 0 bridgehead atoms. The predicted molar refractivity (Wildman–Crippen MR) is 97.6 cm³/mol. The van der Waals surface area contributed by atoms with Crippen molar-refractivity contribution in [3.05, 3.63) is 46.7 Å². The third-order valence-corrected chi connectivity index (χ3v) is 5.23. The number of nitrogens with two attached hydrogens (primary N) is 2. The Kier molecular flexibility index (Phi) is 5.61. The Balaban J connectivity index is 1.66. The summed E-state index contributed by atoms with van der Waals surface area (Å²) in [5.41, 5.74) is 13.4. The van der Waals surface area contributed by atoms with E-state index in [0.29, 0.717) is 30.8 Å². The number of benzene rings is 1. The summed E-state index contributed by atoms with van der Waals surface area (Å²) in [6, 6.07) is 2.63. The van der Waals surface area contributed by atoms with Crippen molar-refractivity contribution >= 4 is 16.2 Å². The van der Waals surface area contributed by atoms with E-state index in [0.717, 1.165) is 24.5 Å². The maximum absolute atomic E-state index is 14.0. The number of hydrogen-bond donors (Lipinski definition) is 2. The molecule has 0 unspecified atom stereocenters. The molecular formula is C17H22F2N4O3S. The highest BCUT2D eigenvalue weighted by molar-refractivity contribution is 7.89. The zero-order valence-electron chi connectivity index (χ0n) is 14.8. The lowest BCUT2D eigenvalue weighted by Crippen LogP contribution is -2.49. The van der Waals surface area contributed by atoms with E-state index < -0.39 is 33.8 Å². The fourth-order valence-corrected chi connectivity index (χ4v) is 3.71. The Hall–Kier alpha value is -1.88. The van der Waals surface area contributed by atoms with E-state index in [1.165, 1.54) is 6.21 Å². The van der Waals surface area contributed by atoms with Crippen LogP contribution < -0.4 is 11.5 Å². The van der Waals surface area contributed by atoms with Crippen molar-refractivity contribution < 1.29 is 21.9 Å². The lowest BCUT2D eigenvalue weighted by molar-refractivity contribution is -0.0463. The molecule has 0 aliphatic carbocycles. The largest absolute Gasteiger partial charge is 0.401 e. The van der Waals surface area contributed by atoms with Gasteiger partial charge < -0.3 is 16.2 Å². The summed E-state index contributed by atoms with van der Waals surface area (Å²) in [4.78, 5) is 2.01. The van der Waals surface area contributed by atoms with Gasteiger partial charge in [0.05, 0.1) is 12.9 Å². The minimum absolute atomic E-state index is 0.0736. The van der Waals surface area contributed by atoms with Crippen LogP contribution in [0.4, 0.5) is 8.78 Å². The Bertz CT molecular complexity index is 888. The number of rotatable bonds is 4. The lowest BCUT2D eigenvalue weighted by atomic mass is 9.93. The van der Waals surface area contributed by atoms with E-state index in [1.807, 2.05) is 4.90 Å². The first-order valence-electron chi connectivity index (χ1n) is 8.43. The van der Waals surface area contributed by atoms with Crippen molar-refractivity contribution in [2.45, 2.75) is 24.6 Å². The fourth-order valence-electron chi connectivity index (χ4n) is 3.39. The second-order valence-electron chi connectivity index (χ2n) is 6.90. The van der Waals surface area contributed by atoms with Crippen molar-refractivity contribution in [1.82, 2.24) is 4.90 Å². The van der Waals surface area contributed by atoms with Gasteiger partial charge in [-0.15, -0.1) is 0 Å². The second kappa shape index (κ2) is 7.63. The molecule has 1 aromatic carbocycles. The maximum atomic E-state index is 14.0. The Morgan fingerprint density at radius 3 is 2.74 bits per heavy atom. The van der Waals surface area contributed by atoms with Crippen molar-refractivity contribution in [2.75, 3.05) is 26.0 Å². The molecule has 0 radical (unpaired) electrons. The van der Waals surface area contributed by atoms with Gasteiger partial charge in [0.25, 0.3) is 0 Å². The normalized spacial score (nSPS) is 27.6. The molecule has 27 heavy (non-hydrogen) atoms. The minimum atomic E-state index is -3.48. The molecule has 1 fully saturated rings. The maximum Gasteiger partial charge on any atom is 0.250 e. The zero-order chi connectivity index (χ0) is 19.8. The Morgan fingerprint density at radius 2 is 2.07 bits per heavy atom. The zero-order valence-corrected chi connectivity index (χ0v) is 15.6. The number of hydrogen-bond acceptors (Lipinski definition) is 6. The first kappa shape index (κ1) is 19.9. The third-order valence-electron chi connectivity index (χ3n) is 4.74. The molecule has 2 aliphatic rings. The molecule has 0 saturated carbocycles. The quantitative estimate of drug-likeness (QED) is 0.719. The van der Waals surface area contributed by atoms with E-state index in [2.05, 4.69) is 4.40 Å². The van der Waals surface area contributed by atoms with Crippen LogP contribution in [0.25, 0.3) is 0 Å². The van der Waals surface area contributed by atoms with Crippen LogP contribution in [0.3, 0.4) is 0 Å². The molecule has 2 aliphatic heterocycles. The highest BCUT2D eigenvalue weighted by atomic mass is 32.2. The van der Waals surface area contributed by atoms with Crippen LogP contribution in [-0.4, -0.2) is 57.6 Å². The van der Waals surface area contributed by atoms with Gasteiger partial charge in [0.1, 0.15) is 17.7 Å². The van der Waals surface area contributed by atoms with Gasteiger partial charge in [-0.2, -0.15) is 4.40 Å². The standard InChI is InChI=1S/C17H22F2N4O3S/c1-27(24,25)22-6-10-7-23(8-16(10)21)12-5-15(20)17(26-9-12)13-4-11(18)2-3-14(13)19/h2-4,6,12,15,17H,5,7-9,20-21H2,1H3/b22-6+/t12-,15+,17-/m1/s1. The van der Waals surface area contributed by atoms with Gasteiger partial charge in [0, 0.05) is 48.2 Å². The molecule has 4 N–H and O–H groups in total. The van der Waals surface area contributed by atoms with E-state index in [1.54, 1.807) is 0 Å². The van der Waals surface area contributed by atoms with Crippen molar-refractivity contribution in [2.24, 2.45) is 15.9 Å². The highest BCUT2D eigenvalue weighted by Crippen LogP contribution is 2.32. The highest BCUT2D eigenvalue weighted by Gasteiger charge is 2.36.